The second kappa shape index (κ2) is 10.7. The number of rotatable bonds is 7. The first-order valence-corrected chi connectivity index (χ1v) is 13.3. The maximum Gasteiger partial charge on any atom is 0.266 e. The number of nitrogens with zero attached hydrogens (tertiary/aromatic N) is 4. The summed E-state index contributed by atoms with van der Waals surface area (Å²) in [6.07, 6.45) is 6.61. The lowest BCUT2D eigenvalue weighted by Gasteiger charge is -2.29. The topological polar surface area (TPSA) is 58.4 Å². The van der Waals surface area contributed by atoms with Crippen molar-refractivity contribution in [3.63, 3.8) is 0 Å². The van der Waals surface area contributed by atoms with Crippen LogP contribution in [0.1, 0.15) is 38.5 Å². The van der Waals surface area contributed by atoms with E-state index < -0.39 is 0 Å². The van der Waals surface area contributed by atoms with Gasteiger partial charge in [0.1, 0.15) is 0 Å². The molecule has 0 saturated carbocycles. The van der Waals surface area contributed by atoms with Gasteiger partial charge in [0, 0.05) is 31.3 Å². The van der Waals surface area contributed by atoms with Crippen LogP contribution in [0.5, 0.6) is 0 Å². The van der Waals surface area contributed by atoms with Crippen molar-refractivity contribution in [1.82, 2.24) is 19.4 Å². The van der Waals surface area contributed by atoms with E-state index in [9.17, 15) is 9.59 Å². The summed E-state index contributed by atoms with van der Waals surface area (Å²) in [4.78, 5) is 35.6. The predicted molar refractivity (Wildman–Crippen MR) is 138 cm³/mol. The van der Waals surface area contributed by atoms with Crippen LogP contribution in [-0.4, -0.2) is 63.2 Å². The summed E-state index contributed by atoms with van der Waals surface area (Å²) in [6, 6.07) is 17.3. The van der Waals surface area contributed by atoms with E-state index in [1.165, 1.54) is 25.7 Å². The highest BCUT2D eigenvalue weighted by molar-refractivity contribution is 7.99. The summed E-state index contributed by atoms with van der Waals surface area (Å²) in [7, 11) is 0. The summed E-state index contributed by atoms with van der Waals surface area (Å²) in [5, 5.41) is 1.46. The van der Waals surface area contributed by atoms with Crippen molar-refractivity contribution in [2.24, 2.45) is 0 Å². The molecule has 0 N–H and O–H groups in total. The molecule has 2 aromatic carbocycles. The van der Waals surface area contributed by atoms with Crippen molar-refractivity contribution in [1.29, 1.82) is 0 Å². The van der Waals surface area contributed by atoms with Gasteiger partial charge in [0.25, 0.3) is 5.56 Å². The number of hydrogen-bond acceptors (Lipinski definition) is 5. The van der Waals surface area contributed by atoms with Gasteiger partial charge in [-0.05, 0) is 56.6 Å². The lowest BCUT2D eigenvalue weighted by molar-refractivity contribution is -0.127. The van der Waals surface area contributed by atoms with Gasteiger partial charge >= 0.3 is 0 Å². The van der Waals surface area contributed by atoms with Crippen LogP contribution in [0.25, 0.3) is 16.6 Å². The average Bonchev–Trinajstić information content (AvgIpc) is 3.08. The Morgan fingerprint density at radius 3 is 2.29 bits per heavy atom. The third-order valence-corrected chi connectivity index (χ3v) is 7.90. The molecule has 0 radical (unpaired) electrons. The van der Waals surface area contributed by atoms with Gasteiger partial charge in [-0.3, -0.25) is 14.2 Å². The van der Waals surface area contributed by atoms with E-state index in [4.69, 9.17) is 4.98 Å². The largest absolute Gasteiger partial charge is 0.342 e. The Kier molecular flexibility index (Phi) is 7.30. The van der Waals surface area contributed by atoms with E-state index in [0.717, 1.165) is 38.3 Å². The third-order valence-electron chi connectivity index (χ3n) is 6.79. The molecule has 1 atom stereocenters. The number of fused-ring (bicyclic) bond motifs is 1. The van der Waals surface area contributed by atoms with E-state index >= 15 is 0 Å². The molecule has 2 saturated heterocycles. The standard InChI is InChI=1S/C27H32N4O2S/c32-25-15-10-18-30(25)20-22(19-29-16-8-1-2-9-17-29)34-27-28-24-14-7-6-13-23(24)26(33)31(27)21-11-4-3-5-12-21/h3-7,11-14,22H,1-2,8-10,15-20H2. The molecular formula is C27H32N4O2S. The van der Waals surface area contributed by atoms with E-state index in [1.54, 1.807) is 16.3 Å². The first kappa shape index (κ1) is 23.1. The molecular weight excluding hydrogens is 444 g/mol. The highest BCUT2D eigenvalue weighted by Gasteiger charge is 2.27. The Hall–Kier alpha value is -2.64. The molecule has 2 fully saturated rings. The van der Waals surface area contributed by atoms with Gasteiger partial charge in [-0.15, -0.1) is 0 Å². The van der Waals surface area contributed by atoms with E-state index in [1.807, 2.05) is 59.5 Å². The molecule has 1 amide bonds. The number of thioether (sulfide) groups is 1. The number of likely N-dealkylation sites (tertiary alicyclic amines) is 2. The zero-order chi connectivity index (χ0) is 23.3. The molecule has 178 valence electrons. The number of hydrogen-bond donors (Lipinski definition) is 0. The number of carbonyl (C=O) groups excluding carboxylic acids is 1. The van der Waals surface area contributed by atoms with Crippen LogP contribution in [0.15, 0.2) is 64.5 Å². The second-order valence-electron chi connectivity index (χ2n) is 9.29. The van der Waals surface area contributed by atoms with Crippen LogP contribution in [0.3, 0.4) is 0 Å². The minimum absolute atomic E-state index is 0.0509. The summed E-state index contributed by atoms with van der Waals surface area (Å²) >= 11 is 1.64. The number of carbonyl (C=O) groups is 1. The fourth-order valence-corrected chi connectivity index (χ4v) is 6.31. The molecule has 0 bridgehead atoms. The SMILES string of the molecule is O=C1CCCN1CC(CN1CCCCCC1)Sc1nc2ccccc2c(=O)n1-c1ccccc1. The summed E-state index contributed by atoms with van der Waals surface area (Å²) in [5.74, 6) is 0.244. The Labute approximate surface area is 205 Å². The molecule has 6 nitrogen and oxygen atoms in total. The molecule has 2 aliphatic heterocycles. The summed E-state index contributed by atoms with van der Waals surface area (Å²) in [5.41, 5.74) is 1.48. The van der Waals surface area contributed by atoms with Gasteiger partial charge in [0.05, 0.1) is 16.6 Å². The highest BCUT2D eigenvalue weighted by Crippen LogP contribution is 2.28. The Morgan fingerprint density at radius 1 is 0.824 bits per heavy atom. The van der Waals surface area contributed by atoms with Crippen LogP contribution < -0.4 is 5.56 Å². The average molecular weight is 477 g/mol. The van der Waals surface area contributed by atoms with Gasteiger partial charge in [0.15, 0.2) is 5.16 Å². The minimum Gasteiger partial charge on any atom is -0.342 e. The van der Waals surface area contributed by atoms with Crippen LogP contribution in [0.4, 0.5) is 0 Å². The first-order valence-electron chi connectivity index (χ1n) is 12.4. The number of para-hydroxylation sites is 2. The van der Waals surface area contributed by atoms with Crippen molar-refractivity contribution in [3.05, 3.63) is 65.0 Å². The van der Waals surface area contributed by atoms with Crippen molar-refractivity contribution in [2.75, 3.05) is 32.7 Å². The zero-order valence-electron chi connectivity index (χ0n) is 19.6. The lowest BCUT2D eigenvalue weighted by Crippen LogP contribution is -2.40. The third kappa shape index (κ3) is 5.20. The van der Waals surface area contributed by atoms with Gasteiger partial charge in [-0.2, -0.15) is 0 Å². The van der Waals surface area contributed by atoms with Gasteiger partial charge in [0.2, 0.25) is 5.91 Å². The molecule has 1 aromatic heterocycles. The monoisotopic (exact) mass is 476 g/mol. The fraction of sp³-hybridized carbons (Fsp3) is 0.444. The van der Waals surface area contributed by atoms with Crippen LogP contribution in [-0.2, 0) is 4.79 Å². The van der Waals surface area contributed by atoms with Crippen molar-refractivity contribution < 1.29 is 4.79 Å². The number of amides is 1. The van der Waals surface area contributed by atoms with E-state index in [-0.39, 0.29) is 16.7 Å². The second-order valence-corrected chi connectivity index (χ2v) is 10.6. The van der Waals surface area contributed by atoms with Crippen molar-refractivity contribution in [3.8, 4) is 5.69 Å². The highest BCUT2D eigenvalue weighted by atomic mass is 32.2. The van der Waals surface area contributed by atoms with Gasteiger partial charge in [-0.25, -0.2) is 4.98 Å². The molecule has 34 heavy (non-hydrogen) atoms. The normalized spacial score (nSPS) is 18.4. The molecule has 7 heteroatoms. The predicted octanol–water partition coefficient (Wildman–Crippen LogP) is 4.34. The summed E-state index contributed by atoms with van der Waals surface area (Å²) in [6.45, 7) is 4.61. The quantitative estimate of drug-likeness (QED) is 0.375. The summed E-state index contributed by atoms with van der Waals surface area (Å²) < 4.78 is 1.74. The van der Waals surface area contributed by atoms with Crippen LogP contribution in [0, 0.1) is 0 Å². The van der Waals surface area contributed by atoms with Crippen LogP contribution >= 0.6 is 11.8 Å². The maximum absolute atomic E-state index is 13.6. The molecule has 0 aliphatic carbocycles. The van der Waals surface area contributed by atoms with Crippen molar-refractivity contribution >= 4 is 28.6 Å². The Bertz CT molecular complexity index is 1190. The zero-order valence-corrected chi connectivity index (χ0v) is 20.4. The number of aromatic nitrogens is 2. The molecule has 0 spiro atoms. The van der Waals surface area contributed by atoms with E-state index in [2.05, 4.69) is 4.90 Å². The molecule has 3 heterocycles. The Morgan fingerprint density at radius 2 is 1.56 bits per heavy atom. The van der Waals surface area contributed by atoms with Crippen molar-refractivity contribution in [2.45, 2.75) is 48.9 Å². The molecule has 1 unspecified atom stereocenters. The molecule has 3 aromatic rings. The first-order chi connectivity index (χ1) is 16.7. The van der Waals surface area contributed by atoms with Crippen LogP contribution in [0.2, 0.25) is 0 Å². The van der Waals surface area contributed by atoms with Gasteiger partial charge < -0.3 is 9.80 Å². The van der Waals surface area contributed by atoms with Gasteiger partial charge in [-0.1, -0.05) is 54.9 Å². The minimum atomic E-state index is -0.0509. The van der Waals surface area contributed by atoms with E-state index in [0.29, 0.717) is 29.0 Å². The Balaban J connectivity index is 1.52. The fourth-order valence-electron chi connectivity index (χ4n) is 5.03. The number of benzene rings is 2. The molecule has 5 rings (SSSR count). The lowest BCUT2D eigenvalue weighted by atomic mass is 10.2. The molecule has 2 aliphatic rings. The smallest absolute Gasteiger partial charge is 0.266 e. The maximum atomic E-state index is 13.6.